The molecule has 1 saturated carbocycles. The molecule has 1 amide bonds. The van der Waals surface area contributed by atoms with Gasteiger partial charge in [0.15, 0.2) is 0 Å². The van der Waals surface area contributed by atoms with Gasteiger partial charge in [-0.3, -0.25) is 4.79 Å². The third kappa shape index (κ3) is 2.79. The van der Waals surface area contributed by atoms with Crippen molar-refractivity contribution in [2.75, 3.05) is 13.1 Å². The van der Waals surface area contributed by atoms with Crippen LogP contribution in [-0.4, -0.2) is 29.9 Å². The van der Waals surface area contributed by atoms with Gasteiger partial charge < -0.3 is 10.6 Å². The molecule has 2 aromatic carbocycles. The lowest BCUT2D eigenvalue weighted by Gasteiger charge is -2.38. The van der Waals surface area contributed by atoms with Crippen LogP contribution >= 0.6 is 0 Å². The van der Waals surface area contributed by atoms with E-state index in [0.29, 0.717) is 12.6 Å². The highest BCUT2D eigenvalue weighted by Crippen LogP contribution is 2.28. The van der Waals surface area contributed by atoms with E-state index in [1.807, 2.05) is 35.2 Å². The van der Waals surface area contributed by atoms with E-state index in [4.69, 9.17) is 5.73 Å². The standard InChI is InChI=1S/C18H22N2O/c19-12-5-13-20(15-8-4-9-15)18(21)17-11-3-7-14-6-1-2-10-16(14)17/h1-3,6-7,10-11,15H,4-5,8-9,12-13,19H2. The van der Waals surface area contributed by atoms with Crippen molar-refractivity contribution in [3.8, 4) is 0 Å². The third-order valence-electron chi connectivity index (χ3n) is 4.40. The first-order valence-corrected chi connectivity index (χ1v) is 7.80. The summed E-state index contributed by atoms with van der Waals surface area (Å²) in [4.78, 5) is 15.0. The van der Waals surface area contributed by atoms with Crippen molar-refractivity contribution < 1.29 is 4.79 Å². The summed E-state index contributed by atoms with van der Waals surface area (Å²) in [6.07, 6.45) is 4.35. The summed E-state index contributed by atoms with van der Waals surface area (Å²) in [5.41, 5.74) is 6.44. The lowest BCUT2D eigenvalue weighted by molar-refractivity contribution is 0.0580. The van der Waals surface area contributed by atoms with Gasteiger partial charge in [0.2, 0.25) is 0 Å². The summed E-state index contributed by atoms with van der Waals surface area (Å²) in [7, 11) is 0. The van der Waals surface area contributed by atoms with Crippen LogP contribution in [0.15, 0.2) is 42.5 Å². The molecule has 2 N–H and O–H groups in total. The SMILES string of the molecule is NCCCN(C(=O)c1cccc2ccccc12)C1CCC1. The molecule has 2 aromatic rings. The molecule has 3 rings (SSSR count). The summed E-state index contributed by atoms with van der Waals surface area (Å²) in [6, 6.07) is 14.5. The number of rotatable bonds is 5. The first-order chi connectivity index (χ1) is 10.3. The van der Waals surface area contributed by atoms with Crippen molar-refractivity contribution >= 4 is 16.7 Å². The van der Waals surface area contributed by atoms with Gasteiger partial charge in [0.25, 0.3) is 5.91 Å². The smallest absolute Gasteiger partial charge is 0.254 e. The highest BCUT2D eigenvalue weighted by Gasteiger charge is 2.29. The molecule has 0 aliphatic heterocycles. The van der Waals surface area contributed by atoms with Gasteiger partial charge in [-0.1, -0.05) is 36.4 Å². The minimum Gasteiger partial charge on any atom is -0.336 e. The molecule has 3 nitrogen and oxygen atoms in total. The summed E-state index contributed by atoms with van der Waals surface area (Å²) in [6.45, 7) is 1.40. The molecular weight excluding hydrogens is 260 g/mol. The second-order valence-corrected chi connectivity index (χ2v) is 5.75. The number of carbonyl (C=O) groups is 1. The second kappa shape index (κ2) is 6.27. The number of hydrogen-bond donors (Lipinski definition) is 1. The van der Waals surface area contributed by atoms with Gasteiger partial charge in [-0.2, -0.15) is 0 Å². The molecule has 0 spiro atoms. The van der Waals surface area contributed by atoms with E-state index in [-0.39, 0.29) is 5.91 Å². The highest BCUT2D eigenvalue weighted by atomic mass is 16.2. The Morgan fingerprint density at radius 2 is 1.90 bits per heavy atom. The minimum absolute atomic E-state index is 0.157. The number of hydrogen-bond acceptors (Lipinski definition) is 2. The van der Waals surface area contributed by atoms with Gasteiger partial charge in [-0.25, -0.2) is 0 Å². The van der Waals surface area contributed by atoms with Crippen LogP contribution in [0.25, 0.3) is 10.8 Å². The fourth-order valence-electron chi connectivity index (χ4n) is 2.98. The number of nitrogens with two attached hydrogens (primary N) is 1. The molecule has 1 fully saturated rings. The Morgan fingerprint density at radius 1 is 1.14 bits per heavy atom. The summed E-state index contributed by atoms with van der Waals surface area (Å²) in [5.74, 6) is 0.157. The number of carbonyl (C=O) groups excluding carboxylic acids is 1. The minimum atomic E-state index is 0.157. The fourth-order valence-corrected chi connectivity index (χ4v) is 2.98. The van der Waals surface area contributed by atoms with Gasteiger partial charge in [0.05, 0.1) is 0 Å². The van der Waals surface area contributed by atoms with E-state index < -0.39 is 0 Å². The number of nitrogens with zero attached hydrogens (tertiary/aromatic N) is 1. The van der Waals surface area contributed by atoms with Gasteiger partial charge in [-0.05, 0) is 49.1 Å². The van der Waals surface area contributed by atoms with Gasteiger partial charge >= 0.3 is 0 Å². The maximum absolute atomic E-state index is 13.0. The molecule has 0 bridgehead atoms. The summed E-state index contributed by atoms with van der Waals surface area (Å²) in [5, 5.41) is 2.16. The van der Waals surface area contributed by atoms with Gasteiger partial charge in [-0.15, -0.1) is 0 Å². The number of amides is 1. The van der Waals surface area contributed by atoms with E-state index in [1.54, 1.807) is 0 Å². The molecule has 0 atom stereocenters. The van der Waals surface area contributed by atoms with Crippen molar-refractivity contribution in [3.63, 3.8) is 0 Å². The van der Waals surface area contributed by atoms with E-state index in [9.17, 15) is 4.79 Å². The molecule has 0 aromatic heterocycles. The Morgan fingerprint density at radius 3 is 2.62 bits per heavy atom. The predicted molar refractivity (Wildman–Crippen MR) is 86.3 cm³/mol. The van der Waals surface area contributed by atoms with Crippen LogP contribution in [0.3, 0.4) is 0 Å². The monoisotopic (exact) mass is 282 g/mol. The molecule has 3 heteroatoms. The van der Waals surface area contributed by atoms with E-state index in [2.05, 4.69) is 12.1 Å². The van der Waals surface area contributed by atoms with E-state index in [0.717, 1.165) is 42.1 Å². The van der Waals surface area contributed by atoms with Crippen LogP contribution in [0.2, 0.25) is 0 Å². The van der Waals surface area contributed by atoms with Crippen molar-refractivity contribution in [2.24, 2.45) is 5.73 Å². The molecular formula is C18H22N2O. The largest absolute Gasteiger partial charge is 0.336 e. The predicted octanol–water partition coefficient (Wildman–Crippen LogP) is 3.18. The topological polar surface area (TPSA) is 46.3 Å². The maximum Gasteiger partial charge on any atom is 0.254 e. The third-order valence-corrected chi connectivity index (χ3v) is 4.40. The average Bonchev–Trinajstić information content (AvgIpc) is 2.48. The molecule has 110 valence electrons. The summed E-state index contributed by atoms with van der Waals surface area (Å²) < 4.78 is 0. The van der Waals surface area contributed by atoms with Crippen LogP contribution in [-0.2, 0) is 0 Å². The molecule has 0 heterocycles. The second-order valence-electron chi connectivity index (χ2n) is 5.75. The Kier molecular flexibility index (Phi) is 4.20. The van der Waals surface area contributed by atoms with E-state index >= 15 is 0 Å². The lowest BCUT2D eigenvalue weighted by atomic mass is 9.90. The van der Waals surface area contributed by atoms with Crippen LogP contribution < -0.4 is 5.73 Å². The van der Waals surface area contributed by atoms with Gasteiger partial charge in [0, 0.05) is 18.2 Å². The fraction of sp³-hybridized carbons (Fsp3) is 0.389. The molecule has 1 aliphatic rings. The molecule has 1 aliphatic carbocycles. The quantitative estimate of drug-likeness (QED) is 0.915. The Balaban J connectivity index is 1.93. The van der Waals surface area contributed by atoms with Gasteiger partial charge in [0.1, 0.15) is 0 Å². The van der Waals surface area contributed by atoms with Crippen LogP contribution in [0, 0.1) is 0 Å². The molecule has 0 saturated heterocycles. The first-order valence-electron chi connectivity index (χ1n) is 7.80. The Hall–Kier alpha value is -1.87. The first kappa shape index (κ1) is 14.1. The average molecular weight is 282 g/mol. The number of benzene rings is 2. The van der Waals surface area contributed by atoms with Crippen molar-refractivity contribution in [1.29, 1.82) is 0 Å². The normalized spacial score (nSPS) is 14.9. The summed E-state index contributed by atoms with van der Waals surface area (Å²) >= 11 is 0. The van der Waals surface area contributed by atoms with Crippen LogP contribution in [0.1, 0.15) is 36.0 Å². The Bertz CT molecular complexity index is 629. The van der Waals surface area contributed by atoms with Crippen molar-refractivity contribution in [2.45, 2.75) is 31.7 Å². The number of fused-ring (bicyclic) bond motifs is 1. The van der Waals surface area contributed by atoms with Crippen LogP contribution in [0.4, 0.5) is 0 Å². The zero-order chi connectivity index (χ0) is 14.7. The van der Waals surface area contributed by atoms with Crippen molar-refractivity contribution in [1.82, 2.24) is 4.90 Å². The maximum atomic E-state index is 13.0. The lowest BCUT2D eigenvalue weighted by Crippen LogP contribution is -2.45. The highest BCUT2D eigenvalue weighted by molar-refractivity contribution is 6.07. The molecule has 0 radical (unpaired) electrons. The zero-order valence-electron chi connectivity index (χ0n) is 12.3. The van der Waals surface area contributed by atoms with Crippen molar-refractivity contribution in [3.05, 3.63) is 48.0 Å². The Labute approximate surface area is 125 Å². The molecule has 0 unspecified atom stereocenters. The van der Waals surface area contributed by atoms with Crippen LogP contribution in [0.5, 0.6) is 0 Å². The zero-order valence-corrected chi connectivity index (χ0v) is 12.3. The molecule has 21 heavy (non-hydrogen) atoms. The van der Waals surface area contributed by atoms with E-state index in [1.165, 1.54) is 6.42 Å².